The van der Waals surface area contributed by atoms with Gasteiger partial charge in [-0.25, -0.2) is 0 Å². The van der Waals surface area contributed by atoms with E-state index in [-0.39, 0.29) is 0 Å². The van der Waals surface area contributed by atoms with Gasteiger partial charge in [-0.05, 0) is 30.5 Å². The summed E-state index contributed by atoms with van der Waals surface area (Å²) >= 11 is 0. The van der Waals surface area contributed by atoms with Crippen LogP contribution in [0.5, 0.6) is 5.75 Å². The second kappa shape index (κ2) is 6.38. The molecule has 0 radical (unpaired) electrons. The summed E-state index contributed by atoms with van der Waals surface area (Å²) in [6.07, 6.45) is 0. The Morgan fingerprint density at radius 3 is 2.56 bits per heavy atom. The van der Waals surface area contributed by atoms with Gasteiger partial charge in [-0.2, -0.15) is 0 Å². The number of rotatable bonds is 6. The zero-order valence-corrected chi connectivity index (χ0v) is 10.3. The van der Waals surface area contributed by atoms with Crippen molar-refractivity contribution in [2.24, 2.45) is 5.92 Å². The minimum absolute atomic E-state index is 0.564. The van der Waals surface area contributed by atoms with Crippen LogP contribution in [-0.2, 0) is 4.74 Å². The van der Waals surface area contributed by atoms with E-state index in [1.54, 1.807) is 0 Å². The number of aryl methyl sites for hydroxylation is 1. The summed E-state index contributed by atoms with van der Waals surface area (Å²) in [5.41, 5.74) is 7.56. The Morgan fingerprint density at radius 1 is 1.19 bits per heavy atom. The van der Waals surface area contributed by atoms with Crippen molar-refractivity contribution in [3.63, 3.8) is 0 Å². The molecule has 0 heterocycles. The standard InChI is InChI=1S/C13H21NO2/c1-10(2)9-15-4-5-16-13-7-11(3)6-12(14)8-13/h6-8,10H,4-5,9,14H2,1-3H3. The van der Waals surface area contributed by atoms with Crippen LogP contribution in [0.2, 0.25) is 0 Å². The van der Waals surface area contributed by atoms with E-state index >= 15 is 0 Å². The molecule has 0 amide bonds. The van der Waals surface area contributed by atoms with Crippen molar-refractivity contribution >= 4 is 5.69 Å². The zero-order chi connectivity index (χ0) is 12.0. The van der Waals surface area contributed by atoms with E-state index in [9.17, 15) is 0 Å². The van der Waals surface area contributed by atoms with Gasteiger partial charge in [0.1, 0.15) is 12.4 Å². The highest BCUT2D eigenvalue weighted by atomic mass is 16.5. The Bertz CT molecular complexity index is 303. The smallest absolute Gasteiger partial charge is 0.121 e. The first-order valence-corrected chi connectivity index (χ1v) is 5.65. The fourth-order valence-electron chi connectivity index (χ4n) is 1.40. The molecule has 0 saturated heterocycles. The van der Waals surface area contributed by atoms with Gasteiger partial charge in [-0.15, -0.1) is 0 Å². The molecular weight excluding hydrogens is 202 g/mol. The highest BCUT2D eigenvalue weighted by Crippen LogP contribution is 2.17. The first-order valence-electron chi connectivity index (χ1n) is 5.65. The molecule has 0 fully saturated rings. The lowest BCUT2D eigenvalue weighted by Gasteiger charge is -2.09. The van der Waals surface area contributed by atoms with Crippen LogP contribution in [0.15, 0.2) is 18.2 Å². The Hall–Kier alpha value is -1.22. The highest BCUT2D eigenvalue weighted by Gasteiger charge is 1.98. The van der Waals surface area contributed by atoms with Gasteiger partial charge in [0, 0.05) is 18.4 Å². The Labute approximate surface area is 97.6 Å². The molecule has 1 aromatic carbocycles. The molecule has 0 aromatic heterocycles. The Kier molecular flexibility index (Phi) is 5.12. The molecule has 16 heavy (non-hydrogen) atoms. The van der Waals surface area contributed by atoms with Crippen LogP contribution in [0.1, 0.15) is 19.4 Å². The molecule has 1 rings (SSSR count). The van der Waals surface area contributed by atoms with Gasteiger partial charge in [-0.3, -0.25) is 0 Å². The lowest BCUT2D eigenvalue weighted by molar-refractivity contribution is 0.0819. The lowest BCUT2D eigenvalue weighted by atomic mass is 10.2. The van der Waals surface area contributed by atoms with E-state index in [1.807, 2.05) is 25.1 Å². The molecule has 0 unspecified atom stereocenters. The molecular formula is C13H21NO2. The Morgan fingerprint density at radius 2 is 1.94 bits per heavy atom. The average molecular weight is 223 g/mol. The predicted molar refractivity (Wildman–Crippen MR) is 66.7 cm³/mol. The van der Waals surface area contributed by atoms with Crippen molar-refractivity contribution in [1.82, 2.24) is 0 Å². The molecule has 0 saturated carbocycles. The summed E-state index contributed by atoms with van der Waals surface area (Å²) in [5, 5.41) is 0. The minimum atomic E-state index is 0.564. The molecule has 0 bridgehead atoms. The van der Waals surface area contributed by atoms with Gasteiger partial charge in [-0.1, -0.05) is 13.8 Å². The van der Waals surface area contributed by atoms with E-state index in [2.05, 4.69) is 13.8 Å². The molecule has 90 valence electrons. The molecule has 0 atom stereocenters. The highest BCUT2D eigenvalue weighted by molar-refractivity contribution is 5.47. The second-order valence-electron chi connectivity index (χ2n) is 4.40. The van der Waals surface area contributed by atoms with Crippen LogP contribution in [0, 0.1) is 12.8 Å². The number of benzene rings is 1. The van der Waals surface area contributed by atoms with Crippen LogP contribution in [-0.4, -0.2) is 19.8 Å². The third-order valence-corrected chi connectivity index (χ3v) is 2.02. The van der Waals surface area contributed by atoms with Gasteiger partial charge in [0.05, 0.1) is 6.61 Å². The number of anilines is 1. The number of ether oxygens (including phenoxy) is 2. The summed E-state index contributed by atoms with van der Waals surface area (Å²) in [6.45, 7) is 8.21. The minimum Gasteiger partial charge on any atom is -0.491 e. The summed E-state index contributed by atoms with van der Waals surface area (Å²) in [4.78, 5) is 0. The molecule has 0 aliphatic heterocycles. The zero-order valence-electron chi connectivity index (χ0n) is 10.3. The van der Waals surface area contributed by atoms with E-state index in [1.165, 1.54) is 0 Å². The molecule has 3 nitrogen and oxygen atoms in total. The fourth-order valence-corrected chi connectivity index (χ4v) is 1.40. The van der Waals surface area contributed by atoms with Gasteiger partial charge in [0.15, 0.2) is 0 Å². The molecule has 2 N–H and O–H groups in total. The number of hydrogen-bond donors (Lipinski definition) is 1. The van der Waals surface area contributed by atoms with Gasteiger partial charge >= 0.3 is 0 Å². The maximum absolute atomic E-state index is 5.72. The maximum Gasteiger partial charge on any atom is 0.121 e. The first-order chi connectivity index (χ1) is 7.58. The van der Waals surface area contributed by atoms with Crippen molar-refractivity contribution in [3.05, 3.63) is 23.8 Å². The molecule has 0 aliphatic carbocycles. The number of nitrogens with two attached hydrogens (primary N) is 1. The van der Waals surface area contributed by atoms with Gasteiger partial charge < -0.3 is 15.2 Å². The summed E-state index contributed by atoms with van der Waals surface area (Å²) in [7, 11) is 0. The van der Waals surface area contributed by atoms with Gasteiger partial charge in [0.2, 0.25) is 0 Å². The monoisotopic (exact) mass is 223 g/mol. The molecule has 0 aliphatic rings. The van der Waals surface area contributed by atoms with Crippen LogP contribution in [0.25, 0.3) is 0 Å². The van der Waals surface area contributed by atoms with Crippen molar-refractivity contribution in [3.8, 4) is 5.75 Å². The number of hydrogen-bond acceptors (Lipinski definition) is 3. The van der Waals surface area contributed by atoms with Crippen LogP contribution in [0.3, 0.4) is 0 Å². The van der Waals surface area contributed by atoms with Gasteiger partial charge in [0.25, 0.3) is 0 Å². The second-order valence-corrected chi connectivity index (χ2v) is 4.40. The SMILES string of the molecule is Cc1cc(N)cc(OCCOCC(C)C)c1. The predicted octanol–water partition coefficient (Wildman–Crippen LogP) is 2.63. The topological polar surface area (TPSA) is 44.5 Å². The van der Waals surface area contributed by atoms with Crippen LogP contribution >= 0.6 is 0 Å². The van der Waals surface area contributed by atoms with E-state index in [0.29, 0.717) is 19.1 Å². The molecule has 3 heteroatoms. The van der Waals surface area contributed by atoms with Crippen molar-refractivity contribution in [2.75, 3.05) is 25.6 Å². The summed E-state index contributed by atoms with van der Waals surface area (Å²) in [6, 6.07) is 5.72. The molecule has 0 spiro atoms. The third-order valence-electron chi connectivity index (χ3n) is 2.02. The number of nitrogen functional groups attached to an aromatic ring is 1. The third kappa shape index (κ3) is 5.03. The van der Waals surface area contributed by atoms with Crippen molar-refractivity contribution < 1.29 is 9.47 Å². The first kappa shape index (κ1) is 12.8. The molecule has 1 aromatic rings. The van der Waals surface area contributed by atoms with E-state index < -0.39 is 0 Å². The Balaban J connectivity index is 2.26. The average Bonchev–Trinajstić information content (AvgIpc) is 2.15. The van der Waals surface area contributed by atoms with Crippen LogP contribution < -0.4 is 10.5 Å². The quantitative estimate of drug-likeness (QED) is 0.595. The van der Waals surface area contributed by atoms with Crippen molar-refractivity contribution in [2.45, 2.75) is 20.8 Å². The van der Waals surface area contributed by atoms with E-state index in [0.717, 1.165) is 23.6 Å². The fraction of sp³-hybridized carbons (Fsp3) is 0.538. The van der Waals surface area contributed by atoms with Crippen LogP contribution in [0.4, 0.5) is 5.69 Å². The summed E-state index contributed by atoms with van der Waals surface area (Å²) < 4.78 is 11.0. The van der Waals surface area contributed by atoms with Crippen molar-refractivity contribution in [1.29, 1.82) is 0 Å². The normalized spacial score (nSPS) is 10.8. The lowest BCUT2D eigenvalue weighted by Crippen LogP contribution is -2.10. The van der Waals surface area contributed by atoms with E-state index in [4.69, 9.17) is 15.2 Å². The summed E-state index contributed by atoms with van der Waals surface area (Å²) in [5.74, 6) is 1.38. The maximum atomic E-state index is 5.72. The largest absolute Gasteiger partial charge is 0.491 e.